The normalized spacial score (nSPS) is 13.4. The van der Waals surface area contributed by atoms with Crippen LogP contribution in [0.25, 0.3) is 64.4 Å². The van der Waals surface area contributed by atoms with Gasteiger partial charge in [-0.1, -0.05) is 111 Å². The quantitative estimate of drug-likeness (QED) is 0.192. The van der Waals surface area contributed by atoms with Crippen molar-refractivity contribution < 1.29 is 4.42 Å². The second-order valence-corrected chi connectivity index (χ2v) is 14.4. The van der Waals surface area contributed by atoms with E-state index in [9.17, 15) is 0 Å². The van der Waals surface area contributed by atoms with Gasteiger partial charge in [0.2, 0.25) is 0 Å². The number of fused-ring (bicyclic) bond motifs is 9. The lowest BCUT2D eigenvalue weighted by atomic mass is 9.82. The molecule has 0 atom stereocenters. The summed E-state index contributed by atoms with van der Waals surface area (Å²) in [6.07, 6.45) is 0. The van der Waals surface area contributed by atoms with Crippen molar-refractivity contribution in [2.45, 2.75) is 19.3 Å². The van der Waals surface area contributed by atoms with Gasteiger partial charge < -0.3 is 9.32 Å². The number of rotatable bonds is 4. The largest absolute Gasteiger partial charge is 0.456 e. The molecule has 0 saturated heterocycles. The van der Waals surface area contributed by atoms with Gasteiger partial charge in [0.1, 0.15) is 11.2 Å². The van der Waals surface area contributed by atoms with Gasteiger partial charge >= 0.3 is 0 Å². The number of anilines is 3. The molecular weight excluding hydrogens is 603 g/mol. The predicted octanol–water partition coefficient (Wildman–Crippen LogP) is 13.4. The molecular formula is C45H31NOS. The molecule has 7 aromatic carbocycles. The molecule has 0 radical (unpaired) electrons. The molecule has 0 amide bonds. The minimum Gasteiger partial charge on any atom is -0.456 e. The van der Waals surface area contributed by atoms with Crippen molar-refractivity contribution in [3.8, 4) is 22.3 Å². The highest BCUT2D eigenvalue weighted by Crippen LogP contribution is 2.52. The number of para-hydroxylation sites is 1. The molecule has 10 rings (SSSR count). The third-order valence-electron chi connectivity index (χ3n) is 10.3. The zero-order valence-electron chi connectivity index (χ0n) is 26.7. The molecule has 0 unspecified atom stereocenters. The lowest BCUT2D eigenvalue weighted by molar-refractivity contribution is 0.660. The molecule has 0 N–H and O–H groups in total. The second-order valence-electron chi connectivity index (χ2n) is 13.3. The standard InChI is InChI=1S/C45H31NOS/c1-45(2)36-17-8-6-14-32(36)33-24-22-30(27-37(33)45)46(38-18-11-20-40-44(38)34-15-7-9-19-39(34)47-40)29-23-25-41-35(26-29)43-31(16-10-21-42(43)48-41)28-12-4-3-5-13-28/h3-27H,1-2H3. The van der Waals surface area contributed by atoms with E-state index in [1.54, 1.807) is 0 Å². The Morgan fingerprint density at radius 2 is 1.21 bits per heavy atom. The molecule has 48 heavy (non-hydrogen) atoms. The second kappa shape index (κ2) is 10.2. The van der Waals surface area contributed by atoms with Gasteiger partial charge in [-0.15, -0.1) is 11.3 Å². The summed E-state index contributed by atoms with van der Waals surface area (Å²) in [5.74, 6) is 0. The van der Waals surface area contributed by atoms with Crippen LogP contribution in [0.5, 0.6) is 0 Å². The van der Waals surface area contributed by atoms with Gasteiger partial charge in [0.15, 0.2) is 0 Å². The average molecular weight is 634 g/mol. The van der Waals surface area contributed by atoms with Crippen LogP contribution in [-0.4, -0.2) is 0 Å². The van der Waals surface area contributed by atoms with Crippen molar-refractivity contribution >= 4 is 70.5 Å². The minimum atomic E-state index is -0.111. The van der Waals surface area contributed by atoms with Crippen LogP contribution in [0.3, 0.4) is 0 Å². The molecule has 0 spiro atoms. The van der Waals surface area contributed by atoms with E-state index in [4.69, 9.17) is 4.42 Å². The molecule has 9 aromatic rings. The summed E-state index contributed by atoms with van der Waals surface area (Å²) in [4.78, 5) is 2.44. The number of thiophene rings is 1. The van der Waals surface area contributed by atoms with Crippen molar-refractivity contribution in [2.24, 2.45) is 0 Å². The first-order valence-electron chi connectivity index (χ1n) is 16.5. The third-order valence-corrected chi connectivity index (χ3v) is 11.4. The van der Waals surface area contributed by atoms with Crippen LogP contribution in [0.1, 0.15) is 25.0 Å². The lowest BCUT2D eigenvalue weighted by Crippen LogP contribution is -2.16. The van der Waals surface area contributed by atoms with Crippen LogP contribution in [0, 0.1) is 0 Å². The molecule has 3 heteroatoms. The van der Waals surface area contributed by atoms with Crippen LogP contribution in [0.2, 0.25) is 0 Å². The first-order valence-corrected chi connectivity index (χ1v) is 17.3. The van der Waals surface area contributed by atoms with Crippen LogP contribution >= 0.6 is 11.3 Å². The molecule has 2 nitrogen and oxygen atoms in total. The third kappa shape index (κ3) is 3.92. The van der Waals surface area contributed by atoms with Gasteiger partial charge in [-0.2, -0.15) is 0 Å². The Bertz CT molecular complexity index is 2710. The van der Waals surface area contributed by atoms with Gasteiger partial charge in [-0.3, -0.25) is 0 Å². The number of furan rings is 1. The summed E-state index contributed by atoms with van der Waals surface area (Å²) >= 11 is 1.86. The van der Waals surface area contributed by atoms with Crippen molar-refractivity contribution in [1.29, 1.82) is 0 Å². The highest BCUT2D eigenvalue weighted by Gasteiger charge is 2.36. The monoisotopic (exact) mass is 633 g/mol. The smallest absolute Gasteiger partial charge is 0.137 e. The summed E-state index contributed by atoms with van der Waals surface area (Å²) < 4.78 is 9.01. The zero-order valence-corrected chi connectivity index (χ0v) is 27.5. The molecule has 0 bridgehead atoms. The summed E-state index contributed by atoms with van der Waals surface area (Å²) in [5, 5.41) is 4.82. The number of hydrogen-bond acceptors (Lipinski definition) is 3. The fourth-order valence-electron chi connectivity index (χ4n) is 8.01. The van der Waals surface area contributed by atoms with E-state index in [-0.39, 0.29) is 5.41 Å². The zero-order chi connectivity index (χ0) is 32.0. The van der Waals surface area contributed by atoms with Crippen molar-refractivity contribution in [3.05, 3.63) is 163 Å². The Morgan fingerprint density at radius 3 is 2.12 bits per heavy atom. The number of hydrogen-bond donors (Lipinski definition) is 0. The molecule has 0 fully saturated rings. The minimum absolute atomic E-state index is 0.111. The highest BCUT2D eigenvalue weighted by atomic mass is 32.1. The van der Waals surface area contributed by atoms with Crippen LogP contribution in [0.4, 0.5) is 17.1 Å². The Morgan fingerprint density at radius 1 is 0.500 bits per heavy atom. The average Bonchev–Trinajstić information content (AvgIpc) is 3.77. The fourth-order valence-corrected chi connectivity index (χ4v) is 9.13. The van der Waals surface area contributed by atoms with Gasteiger partial charge in [-0.25, -0.2) is 0 Å². The first kappa shape index (κ1) is 27.5. The van der Waals surface area contributed by atoms with E-state index in [2.05, 4.69) is 164 Å². The summed E-state index contributed by atoms with van der Waals surface area (Å²) in [6.45, 7) is 4.70. The SMILES string of the molecule is CC1(C)c2ccccc2-c2ccc(N(c3ccc4sc5cccc(-c6ccccc6)c5c4c3)c3cccc4oc5ccccc5c34)cc21. The number of nitrogens with zero attached hydrogens (tertiary/aromatic N) is 1. The summed E-state index contributed by atoms with van der Waals surface area (Å²) in [5.41, 5.74) is 12.9. The van der Waals surface area contributed by atoms with E-state index in [1.807, 2.05) is 17.4 Å². The van der Waals surface area contributed by atoms with Crippen molar-refractivity contribution in [2.75, 3.05) is 4.90 Å². The Labute approximate surface area is 283 Å². The molecule has 1 aliphatic rings. The fraction of sp³-hybridized carbons (Fsp3) is 0.0667. The summed E-state index contributed by atoms with van der Waals surface area (Å²) in [6, 6.07) is 55.2. The lowest BCUT2D eigenvalue weighted by Gasteiger charge is -2.28. The molecule has 2 aromatic heterocycles. The Kier molecular flexibility index (Phi) is 5.82. The van der Waals surface area contributed by atoms with Crippen molar-refractivity contribution in [3.63, 3.8) is 0 Å². The first-order chi connectivity index (χ1) is 23.6. The van der Waals surface area contributed by atoms with E-state index < -0.39 is 0 Å². The van der Waals surface area contributed by atoms with Crippen LogP contribution in [0.15, 0.2) is 156 Å². The topological polar surface area (TPSA) is 16.4 Å². The summed E-state index contributed by atoms with van der Waals surface area (Å²) in [7, 11) is 0. The number of benzene rings is 7. The molecule has 1 aliphatic carbocycles. The van der Waals surface area contributed by atoms with E-state index in [0.717, 1.165) is 39.0 Å². The van der Waals surface area contributed by atoms with Gasteiger partial charge in [0, 0.05) is 42.3 Å². The molecule has 0 saturated carbocycles. The van der Waals surface area contributed by atoms with Gasteiger partial charge in [-0.05, 0) is 88.0 Å². The van der Waals surface area contributed by atoms with Gasteiger partial charge in [0.25, 0.3) is 0 Å². The van der Waals surface area contributed by atoms with E-state index in [1.165, 1.54) is 53.6 Å². The van der Waals surface area contributed by atoms with Crippen molar-refractivity contribution in [1.82, 2.24) is 0 Å². The molecule has 0 aliphatic heterocycles. The van der Waals surface area contributed by atoms with Crippen LogP contribution < -0.4 is 4.90 Å². The van der Waals surface area contributed by atoms with E-state index >= 15 is 0 Å². The maximum Gasteiger partial charge on any atom is 0.137 e. The maximum atomic E-state index is 6.42. The van der Waals surface area contributed by atoms with Gasteiger partial charge in [0.05, 0.1) is 11.1 Å². The Balaban J connectivity index is 1.26. The molecule has 2 heterocycles. The highest BCUT2D eigenvalue weighted by molar-refractivity contribution is 7.26. The predicted molar refractivity (Wildman–Crippen MR) is 204 cm³/mol. The van der Waals surface area contributed by atoms with E-state index in [0.29, 0.717) is 0 Å². The maximum absolute atomic E-state index is 6.42. The molecule has 228 valence electrons. The Hall–Kier alpha value is -5.64. The van der Waals surface area contributed by atoms with Crippen LogP contribution in [-0.2, 0) is 5.41 Å².